The van der Waals surface area contributed by atoms with Crippen molar-refractivity contribution in [1.29, 1.82) is 0 Å². The number of nitrogens with zero attached hydrogens (tertiary/aromatic N) is 2. The molecule has 0 N–H and O–H groups in total. The van der Waals surface area contributed by atoms with Crippen molar-refractivity contribution in [2.75, 3.05) is 0 Å². The van der Waals surface area contributed by atoms with Crippen LogP contribution in [0.1, 0.15) is 96.9 Å². The molecule has 2 saturated carbocycles. The number of rotatable bonds is 1. The molecule has 3 nitrogen and oxygen atoms in total. The molecular formula is C26H38N2O. The molecule has 29 heavy (non-hydrogen) atoms. The number of hydrogen-bond donors (Lipinski definition) is 0. The van der Waals surface area contributed by atoms with E-state index < -0.39 is 0 Å². The first-order valence-electron chi connectivity index (χ1n) is 11.7. The molecule has 0 saturated heterocycles. The lowest BCUT2D eigenvalue weighted by Crippen LogP contribution is -2.51. The minimum Gasteiger partial charge on any atom is -0.356 e. The highest BCUT2D eigenvalue weighted by atomic mass is 16.5. The van der Waals surface area contributed by atoms with E-state index in [2.05, 4.69) is 63.7 Å². The minimum atomic E-state index is 0.0179. The zero-order valence-electron chi connectivity index (χ0n) is 19.3. The molecule has 5 rings (SSSR count). The van der Waals surface area contributed by atoms with Crippen LogP contribution in [-0.2, 0) is 18.5 Å². The Kier molecular flexibility index (Phi) is 4.28. The Morgan fingerprint density at radius 2 is 1.69 bits per heavy atom. The van der Waals surface area contributed by atoms with Crippen molar-refractivity contribution in [3.63, 3.8) is 0 Å². The SMILES string of the molecule is CC(C)(C)c1noc2c3c(ccc12)CN(C1CC2(CCC(C(C)(C)C)CC2)C1)C3. The highest BCUT2D eigenvalue weighted by molar-refractivity contribution is 5.84. The Bertz CT molecular complexity index is 911. The molecule has 3 aliphatic rings. The van der Waals surface area contributed by atoms with Crippen molar-refractivity contribution in [2.45, 2.75) is 105 Å². The Morgan fingerprint density at radius 1 is 1.00 bits per heavy atom. The fourth-order valence-electron chi connectivity index (χ4n) is 6.40. The predicted molar refractivity (Wildman–Crippen MR) is 119 cm³/mol. The van der Waals surface area contributed by atoms with Crippen LogP contribution in [0.3, 0.4) is 0 Å². The van der Waals surface area contributed by atoms with Crippen molar-refractivity contribution in [3.8, 4) is 0 Å². The van der Waals surface area contributed by atoms with Crippen molar-refractivity contribution in [3.05, 3.63) is 29.0 Å². The molecule has 1 aromatic carbocycles. The number of benzene rings is 1. The van der Waals surface area contributed by atoms with Gasteiger partial charge in [0.2, 0.25) is 0 Å². The van der Waals surface area contributed by atoms with Gasteiger partial charge in [-0.3, -0.25) is 4.90 Å². The van der Waals surface area contributed by atoms with Crippen molar-refractivity contribution >= 4 is 11.0 Å². The van der Waals surface area contributed by atoms with Gasteiger partial charge in [0.05, 0.1) is 5.69 Å². The third kappa shape index (κ3) is 3.24. The number of hydrogen-bond acceptors (Lipinski definition) is 3. The van der Waals surface area contributed by atoms with Crippen molar-refractivity contribution in [1.82, 2.24) is 10.1 Å². The van der Waals surface area contributed by atoms with Gasteiger partial charge in [0, 0.05) is 35.5 Å². The van der Waals surface area contributed by atoms with Crippen LogP contribution in [-0.4, -0.2) is 16.1 Å². The number of fused-ring (bicyclic) bond motifs is 3. The molecule has 1 spiro atoms. The summed E-state index contributed by atoms with van der Waals surface area (Å²) in [6.07, 6.45) is 8.59. The Morgan fingerprint density at radius 3 is 2.31 bits per heavy atom. The summed E-state index contributed by atoms with van der Waals surface area (Å²) in [6, 6.07) is 5.33. The second-order valence-electron chi connectivity index (χ2n) is 12.5. The average molecular weight is 395 g/mol. The minimum absolute atomic E-state index is 0.0179. The summed E-state index contributed by atoms with van der Waals surface area (Å²) in [4.78, 5) is 2.71. The smallest absolute Gasteiger partial charge is 0.171 e. The molecule has 0 radical (unpaired) electrons. The van der Waals surface area contributed by atoms with E-state index in [0.717, 1.165) is 36.3 Å². The average Bonchev–Trinajstić information content (AvgIpc) is 3.21. The first-order valence-corrected chi connectivity index (χ1v) is 11.7. The quantitative estimate of drug-likeness (QED) is 0.531. The van der Waals surface area contributed by atoms with Gasteiger partial charge < -0.3 is 4.52 Å². The Balaban J connectivity index is 1.27. The van der Waals surface area contributed by atoms with Crippen LogP contribution in [0, 0.1) is 16.7 Å². The van der Waals surface area contributed by atoms with Crippen molar-refractivity contribution in [2.24, 2.45) is 16.7 Å². The van der Waals surface area contributed by atoms with Crippen LogP contribution < -0.4 is 0 Å². The van der Waals surface area contributed by atoms with E-state index in [9.17, 15) is 0 Å². The Labute approximate surface area is 176 Å². The first-order chi connectivity index (χ1) is 13.6. The largest absolute Gasteiger partial charge is 0.356 e. The van der Waals surface area contributed by atoms with Crippen LogP contribution >= 0.6 is 0 Å². The first kappa shape index (κ1) is 19.6. The Hall–Kier alpha value is -1.35. The van der Waals surface area contributed by atoms with Crippen LogP contribution in [0.4, 0.5) is 0 Å². The second kappa shape index (κ2) is 6.33. The van der Waals surface area contributed by atoms with Gasteiger partial charge in [0.25, 0.3) is 0 Å². The van der Waals surface area contributed by atoms with Crippen LogP contribution in [0.2, 0.25) is 0 Å². The fraction of sp³-hybridized carbons (Fsp3) is 0.731. The lowest BCUT2D eigenvalue weighted by atomic mass is 9.54. The van der Waals surface area contributed by atoms with Crippen molar-refractivity contribution < 1.29 is 4.52 Å². The predicted octanol–water partition coefficient (Wildman–Crippen LogP) is 6.83. The normalized spacial score (nSPS) is 30.7. The highest BCUT2D eigenvalue weighted by Crippen LogP contribution is 2.57. The third-order valence-electron chi connectivity index (χ3n) is 8.41. The van der Waals surface area contributed by atoms with Crippen LogP contribution in [0.25, 0.3) is 11.0 Å². The number of aromatic nitrogens is 1. The second-order valence-corrected chi connectivity index (χ2v) is 12.5. The molecule has 2 aliphatic carbocycles. The van der Waals surface area contributed by atoms with Gasteiger partial charge in [0.15, 0.2) is 5.58 Å². The molecule has 2 fully saturated rings. The zero-order chi connectivity index (χ0) is 20.6. The maximum absolute atomic E-state index is 5.87. The summed E-state index contributed by atoms with van der Waals surface area (Å²) in [5.74, 6) is 0.917. The summed E-state index contributed by atoms with van der Waals surface area (Å²) >= 11 is 0. The van der Waals surface area contributed by atoms with E-state index in [4.69, 9.17) is 4.52 Å². The van der Waals surface area contributed by atoms with Crippen LogP contribution in [0.5, 0.6) is 0 Å². The lowest BCUT2D eigenvalue weighted by Gasteiger charge is -2.55. The summed E-state index contributed by atoms with van der Waals surface area (Å²) < 4.78 is 5.87. The molecule has 0 atom stereocenters. The maximum atomic E-state index is 5.87. The van der Waals surface area contributed by atoms with Crippen LogP contribution in [0.15, 0.2) is 16.7 Å². The molecular weight excluding hydrogens is 356 g/mol. The molecule has 1 aromatic heterocycles. The van der Waals surface area contributed by atoms with E-state index in [0.29, 0.717) is 10.8 Å². The van der Waals surface area contributed by atoms with Gasteiger partial charge in [-0.15, -0.1) is 0 Å². The van der Waals surface area contributed by atoms with E-state index in [-0.39, 0.29) is 5.41 Å². The molecule has 3 heteroatoms. The summed E-state index contributed by atoms with van der Waals surface area (Å²) in [5, 5.41) is 5.66. The fourth-order valence-corrected chi connectivity index (χ4v) is 6.40. The van der Waals surface area contributed by atoms with Gasteiger partial charge in [-0.2, -0.15) is 0 Å². The van der Waals surface area contributed by atoms with E-state index in [1.807, 2.05) is 0 Å². The van der Waals surface area contributed by atoms with Gasteiger partial charge in [-0.25, -0.2) is 0 Å². The van der Waals surface area contributed by atoms with Gasteiger partial charge in [-0.1, -0.05) is 52.8 Å². The summed E-state index contributed by atoms with van der Waals surface area (Å²) in [6.45, 7) is 16.0. The molecule has 0 bridgehead atoms. The van der Waals surface area contributed by atoms with E-state index >= 15 is 0 Å². The van der Waals surface area contributed by atoms with E-state index in [1.54, 1.807) is 0 Å². The molecule has 1 aliphatic heterocycles. The molecule has 2 heterocycles. The third-order valence-corrected chi connectivity index (χ3v) is 8.41. The topological polar surface area (TPSA) is 29.3 Å². The van der Waals surface area contributed by atoms with Gasteiger partial charge >= 0.3 is 0 Å². The highest BCUT2D eigenvalue weighted by Gasteiger charge is 2.49. The monoisotopic (exact) mass is 394 g/mol. The maximum Gasteiger partial charge on any atom is 0.171 e. The van der Waals surface area contributed by atoms with Gasteiger partial charge in [0.1, 0.15) is 0 Å². The van der Waals surface area contributed by atoms with E-state index in [1.165, 1.54) is 55.0 Å². The lowest BCUT2D eigenvalue weighted by molar-refractivity contribution is -0.0474. The summed E-state index contributed by atoms with van der Waals surface area (Å²) in [5.41, 5.74) is 6.12. The standard InChI is InChI=1S/C26H38N2O/c1-24(2,3)18-9-11-26(12-10-18)13-19(14-26)28-15-17-7-8-20-22(21(17)16-28)29-27-23(20)25(4,5)6/h7-8,18-19H,9-16H2,1-6H3. The molecule has 158 valence electrons. The molecule has 0 amide bonds. The molecule has 0 unspecified atom stereocenters. The molecule has 2 aromatic rings. The van der Waals surface area contributed by atoms with Gasteiger partial charge in [-0.05, 0) is 66.9 Å². The summed E-state index contributed by atoms with van der Waals surface area (Å²) in [7, 11) is 0. The zero-order valence-corrected chi connectivity index (χ0v) is 19.3.